The Morgan fingerprint density at radius 1 is 0.970 bits per heavy atom. The number of hydrogen-bond acceptors (Lipinski definition) is 6. The number of fused-ring (bicyclic) bond motifs is 3. The molecule has 3 aromatic carbocycles. The largest absolute Gasteiger partial charge is 0.269 e. The first-order valence-corrected chi connectivity index (χ1v) is 11.4. The van der Waals surface area contributed by atoms with Crippen molar-refractivity contribution in [2.24, 2.45) is 0 Å². The van der Waals surface area contributed by atoms with Crippen molar-refractivity contribution in [2.75, 3.05) is 0 Å². The van der Waals surface area contributed by atoms with Gasteiger partial charge in [-0.15, -0.1) is 10.2 Å². The molecule has 2 heterocycles. The minimum Gasteiger partial charge on any atom is -0.268 e. The predicted octanol–water partition coefficient (Wildman–Crippen LogP) is 4.80. The summed E-state index contributed by atoms with van der Waals surface area (Å²) in [5.41, 5.74) is 3.30. The van der Waals surface area contributed by atoms with Crippen LogP contribution in [-0.2, 0) is 12.2 Å². The van der Waals surface area contributed by atoms with Crippen molar-refractivity contribution in [3.05, 3.63) is 104 Å². The van der Waals surface area contributed by atoms with Gasteiger partial charge in [-0.1, -0.05) is 55.1 Å². The highest BCUT2D eigenvalue weighted by Gasteiger charge is 2.18. The zero-order valence-corrected chi connectivity index (χ0v) is 18.5. The lowest BCUT2D eigenvalue weighted by Crippen LogP contribution is -2.21. The van der Waals surface area contributed by atoms with Gasteiger partial charge in [-0.2, -0.15) is 0 Å². The fraction of sp³-hybridized carbons (Fsp3) is 0.125. The van der Waals surface area contributed by atoms with E-state index in [1.807, 2.05) is 52.9 Å². The Labute approximate surface area is 192 Å². The molecular weight excluding hydrogens is 438 g/mol. The molecule has 0 spiro atoms. The van der Waals surface area contributed by atoms with Gasteiger partial charge in [-0.25, -0.2) is 4.57 Å². The molecule has 9 heteroatoms. The molecule has 0 radical (unpaired) electrons. The van der Waals surface area contributed by atoms with E-state index in [2.05, 4.69) is 17.1 Å². The Morgan fingerprint density at radius 2 is 1.76 bits per heavy atom. The summed E-state index contributed by atoms with van der Waals surface area (Å²) in [5, 5.41) is 21.0. The maximum absolute atomic E-state index is 13.4. The molecule has 0 saturated carbocycles. The Balaban J connectivity index is 1.64. The van der Waals surface area contributed by atoms with E-state index < -0.39 is 4.92 Å². The molecule has 164 valence electrons. The molecule has 0 bridgehead atoms. The van der Waals surface area contributed by atoms with E-state index in [0.29, 0.717) is 27.6 Å². The SMILES string of the molecule is CCc1ccc(-n2c(=O)c3ccccc3n3c(SCc4cccc([N+](=O)[O-])c4)nnc23)cc1. The van der Waals surface area contributed by atoms with E-state index in [4.69, 9.17) is 0 Å². The number of benzene rings is 3. The zero-order chi connectivity index (χ0) is 22.9. The number of nitrogens with zero attached hydrogens (tertiary/aromatic N) is 5. The Hall–Kier alpha value is -3.98. The maximum atomic E-state index is 13.4. The Kier molecular flexibility index (Phi) is 5.39. The average molecular weight is 458 g/mol. The third kappa shape index (κ3) is 3.76. The number of hydrogen-bond donors (Lipinski definition) is 0. The lowest BCUT2D eigenvalue weighted by Gasteiger charge is -2.12. The Morgan fingerprint density at radius 3 is 2.52 bits per heavy atom. The van der Waals surface area contributed by atoms with Gasteiger partial charge in [0.05, 0.1) is 21.5 Å². The summed E-state index contributed by atoms with van der Waals surface area (Å²) in [6, 6.07) is 21.7. The lowest BCUT2D eigenvalue weighted by molar-refractivity contribution is -0.384. The Bertz CT molecular complexity index is 1560. The second kappa shape index (κ2) is 8.51. The maximum Gasteiger partial charge on any atom is 0.269 e. The molecule has 8 nitrogen and oxygen atoms in total. The van der Waals surface area contributed by atoms with Crippen LogP contribution in [0.15, 0.2) is 82.7 Å². The minimum absolute atomic E-state index is 0.0500. The number of aromatic nitrogens is 4. The molecule has 0 aliphatic heterocycles. The molecule has 33 heavy (non-hydrogen) atoms. The van der Waals surface area contributed by atoms with Gasteiger partial charge < -0.3 is 0 Å². The van der Waals surface area contributed by atoms with Crippen LogP contribution in [0.5, 0.6) is 0 Å². The first kappa shape index (κ1) is 20.9. The van der Waals surface area contributed by atoms with Crippen molar-refractivity contribution in [1.29, 1.82) is 0 Å². The minimum atomic E-state index is -0.406. The number of aryl methyl sites for hydroxylation is 1. The number of nitro benzene ring substituents is 1. The van der Waals surface area contributed by atoms with Crippen LogP contribution in [0.1, 0.15) is 18.1 Å². The molecular formula is C24H19N5O3S. The number of nitro groups is 1. The van der Waals surface area contributed by atoms with E-state index in [1.54, 1.807) is 22.8 Å². The van der Waals surface area contributed by atoms with Crippen LogP contribution in [0.2, 0.25) is 0 Å². The molecule has 5 rings (SSSR count). The van der Waals surface area contributed by atoms with E-state index in [0.717, 1.165) is 17.7 Å². The van der Waals surface area contributed by atoms with Gasteiger partial charge >= 0.3 is 0 Å². The van der Waals surface area contributed by atoms with Gasteiger partial charge in [0.25, 0.3) is 11.2 Å². The topological polar surface area (TPSA) is 95.3 Å². The van der Waals surface area contributed by atoms with Crippen molar-refractivity contribution in [3.63, 3.8) is 0 Å². The molecule has 0 fully saturated rings. The average Bonchev–Trinajstić information content (AvgIpc) is 3.27. The van der Waals surface area contributed by atoms with Crippen molar-refractivity contribution in [1.82, 2.24) is 19.2 Å². The fourth-order valence-electron chi connectivity index (χ4n) is 3.79. The third-order valence-electron chi connectivity index (χ3n) is 5.49. The summed E-state index contributed by atoms with van der Waals surface area (Å²) in [4.78, 5) is 24.1. The number of non-ortho nitro benzene ring substituents is 1. The summed E-state index contributed by atoms with van der Waals surface area (Å²) >= 11 is 1.41. The molecule has 0 atom stereocenters. The number of thioether (sulfide) groups is 1. The number of rotatable bonds is 6. The zero-order valence-electron chi connectivity index (χ0n) is 17.7. The van der Waals surface area contributed by atoms with Crippen molar-refractivity contribution in [2.45, 2.75) is 24.3 Å². The highest BCUT2D eigenvalue weighted by molar-refractivity contribution is 7.98. The van der Waals surface area contributed by atoms with Crippen LogP contribution in [0, 0.1) is 10.1 Å². The summed E-state index contributed by atoms with van der Waals surface area (Å²) in [7, 11) is 0. The van der Waals surface area contributed by atoms with Crippen LogP contribution in [0.25, 0.3) is 22.4 Å². The van der Waals surface area contributed by atoms with E-state index in [1.165, 1.54) is 23.4 Å². The molecule has 5 aromatic rings. The van der Waals surface area contributed by atoms with Gasteiger partial charge in [0, 0.05) is 17.9 Å². The molecule has 0 aliphatic rings. The van der Waals surface area contributed by atoms with E-state index in [9.17, 15) is 14.9 Å². The van der Waals surface area contributed by atoms with E-state index in [-0.39, 0.29) is 11.2 Å². The summed E-state index contributed by atoms with van der Waals surface area (Å²) in [6.45, 7) is 2.08. The first-order chi connectivity index (χ1) is 16.1. The van der Waals surface area contributed by atoms with Crippen LogP contribution in [0.3, 0.4) is 0 Å². The van der Waals surface area contributed by atoms with E-state index >= 15 is 0 Å². The molecule has 0 saturated heterocycles. The van der Waals surface area contributed by atoms with Crippen molar-refractivity contribution in [3.8, 4) is 5.69 Å². The van der Waals surface area contributed by atoms with Crippen LogP contribution in [0.4, 0.5) is 5.69 Å². The highest BCUT2D eigenvalue weighted by atomic mass is 32.2. The van der Waals surface area contributed by atoms with Crippen molar-refractivity contribution >= 4 is 34.1 Å². The van der Waals surface area contributed by atoms with Gasteiger partial charge in [-0.3, -0.25) is 19.3 Å². The molecule has 0 amide bonds. The summed E-state index contributed by atoms with van der Waals surface area (Å²) in [5.74, 6) is 0.894. The monoisotopic (exact) mass is 457 g/mol. The van der Waals surface area contributed by atoms with Gasteiger partial charge in [-0.05, 0) is 41.8 Å². The fourth-order valence-corrected chi connectivity index (χ4v) is 4.68. The molecule has 2 aromatic heterocycles. The second-order valence-corrected chi connectivity index (χ2v) is 8.45. The first-order valence-electron chi connectivity index (χ1n) is 10.4. The van der Waals surface area contributed by atoms with Crippen molar-refractivity contribution < 1.29 is 4.92 Å². The van der Waals surface area contributed by atoms with Gasteiger partial charge in [0.1, 0.15) is 0 Å². The van der Waals surface area contributed by atoms with Crippen LogP contribution in [-0.4, -0.2) is 24.1 Å². The number of para-hydroxylation sites is 1. The predicted molar refractivity (Wildman–Crippen MR) is 128 cm³/mol. The molecule has 0 N–H and O–H groups in total. The van der Waals surface area contributed by atoms with Crippen LogP contribution < -0.4 is 5.56 Å². The normalized spacial score (nSPS) is 11.3. The van der Waals surface area contributed by atoms with Gasteiger partial charge in [0.2, 0.25) is 5.78 Å². The quantitative estimate of drug-likeness (QED) is 0.207. The smallest absolute Gasteiger partial charge is 0.268 e. The third-order valence-corrected chi connectivity index (χ3v) is 6.49. The molecule has 0 unspecified atom stereocenters. The summed E-state index contributed by atoms with van der Waals surface area (Å²) in [6.07, 6.45) is 0.908. The second-order valence-electron chi connectivity index (χ2n) is 7.51. The lowest BCUT2D eigenvalue weighted by atomic mass is 10.1. The van der Waals surface area contributed by atoms with Gasteiger partial charge in [0.15, 0.2) is 5.16 Å². The standard InChI is InChI=1S/C24H19N5O3S/c1-2-16-10-12-18(13-11-16)27-22(30)20-8-3-4-9-21(20)28-23(27)25-26-24(28)33-15-17-6-5-7-19(14-17)29(31)32/h3-14H,2,15H2,1H3. The summed E-state index contributed by atoms with van der Waals surface area (Å²) < 4.78 is 3.44. The molecule has 0 aliphatic carbocycles. The highest BCUT2D eigenvalue weighted by Crippen LogP contribution is 2.27. The van der Waals surface area contributed by atoms with Crippen LogP contribution >= 0.6 is 11.8 Å².